The zero-order valence-electron chi connectivity index (χ0n) is 16.5. The summed E-state index contributed by atoms with van der Waals surface area (Å²) in [6.45, 7) is 4.40. The molecule has 2 aromatic carbocycles. The monoisotopic (exact) mass is 438 g/mol. The van der Waals surface area contributed by atoms with Gasteiger partial charge < -0.3 is 9.88 Å². The Kier molecular flexibility index (Phi) is 6.93. The Morgan fingerprint density at radius 2 is 2.00 bits per heavy atom. The van der Waals surface area contributed by atoms with Crippen molar-refractivity contribution in [2.24, 2.45) is 0 Å². The lowest BCUT2D eigenvalue weighted by Crippen LogP contribution is -2.32. The molecule has 0 spiro atoms. The molecule has 8 heteroatoms. The summed E-state index contributed by atoms with van der Waals surface area (Å²) in [5.41, 5.74) is 2.13. The Balaban J connectivity index is 1.84. The summed E-state index contributed by atoms with van der Waals surface area (Å²) in [6, 6.07) is 16.3. The Morgan fingerprint density at radius 3 is 2.63 bits per heavy atom. The van der Waals surface area contributed by atoms with Gasteiger partial charge in [0, 0.05) is 22.8 Å². The van der Waals surface area contributed by atoms with Gasteiger partial charge in [-0.05, 0) is 43.7 Å². The predicted molar refractivity (Wildman–Crippen MR) is 120 cm³/mol. The van der Waals surface area contributed by atoms with E-state index in [4.69, 9.17) is 11.6 Å². The number of halogens is 1. The first kappa shape index (κ1) is 21.6. The smallest absolute Gasteiger partial charge is 0.270 e. The molecule has 1 heterocycles. The molecule has 1 aromatic heterocycles. The molecule has 3 rings (SSSR count). The SMILES string of the molecule is CCN(C(=O)CSc1nc(-c2ccc(Cl)cc2)c(C#N)c(=O)[nH]1)c1cccc(C)c1. The van der Waals surface area contributed by atoms with Gasteiger partial charge in [0.05, 0.1) is 11.4 Å². The third-order valence-corrected chi connectivity index (χ3v) is 5.50. The first-order valence-corrected chi connectivity index (χ1v) is 10.6. The molecule has 0 aliphatic heterocycles. The highest BCUT2D eigenvalue weighted by atomic mass is 35.5. The molecule has 0 saturated carbocycles. The number of amides is 1. The number of benzene rings is 2. The fraction of sp³-hybridized carbons (Fsp3) is 0.182. The topological polar surface area (TPSA) is 89.8 Å². The minimum atomic E-state index is -0.543. The van der Waals surface area contributed by atoms with Crippen LogP contribution in [-0.2, 0) is 4.79 Å². The first-order valence-electron chi connectivity index (χ1n) is 9.23. The summed E-state index contributed by atoms with van der Waals surface area (Å²) in [6.07, 6.45) is 0. The second-order valence-corrected chi connectivity index (χ2v) is 7.88. The van der Waals surface area contributed by atoms with Crippen molar-refractivity contribution in [1.29, 1.82) is 5.26 Å². The molecule has 6 nitrogen and oxygen atoms in total. The Labute approximate surface area is 183 Å². The minimum absolute atomic E-state index is 0.0806. The van der Waals surface area contributed by atoms with Crippen LogP contribution in [0.1, 0.15) is 18.1 Å². The van der Waals surface area contributed by atoms with Gasteiger partial charge in [-0.15, -0.1) is 0 Å². The number of carbonyl (C=O) groups is 1. The van der Waals surface area contributed by atoms with Crippen molar-refractivity contribution in [1.82, 2.24) is 9.97 Å². The van der Waals surface area contributed by atoms with E-state index in [2.05, 4.69) is 9.97 Å². The first-order chi connectivity index (χ1) is 14.4. The minimum Gasteiger partial charge on any atom is -0.312 e. The van der Waals surface area contributed by atoms with E-state index in [-0.39, 0.29) is 28.1 Å². The average Bonchev–Trinajstić information content (AvgIpc) is 2.73. The van der Waals surface area contributed by atoms with Gasteiger partial charge in [-0.2, -0.15) is 5.26 Å². The van der Waals surface area contributed by atoms with Crippen molar-refractivity contribution in [2.45, 2.75) is 19.0 Å². The predicted octanol–water partition coefficient (Wildman–Crippen LogP) is 4.42. The number of aryl methyl sites for hydroxylation is 1. The number of nitrogens with one attached hydrogen (secondary N) is 1. The van der Waals surface area contributed by atoms with E-state index in [0.29, 0.717) is 17.1 Å². The fourth-order valence-corrected chi connectivity index (χ4v) is 3.81. The van der Waals surface area contributed by atoms with Gasteiger partial charge in [-0.3, -0.25) is 9.59 Å². The number of anilines is 1. The van der Waals surface area contributed by atoms with Crippen LogP contribution >= 0.6 is 23.4 Å². The van der Waals surface area contributed by atoms with E-state index in [0.717, 1.165) is 23.0 Å². The standard InChI is InChI=1S/C22H19ClN4O2S/c1-3-27(17-6-4-5-14(2)11-17)19(28)13-30-22-25-20(18(12-24)21(29)26-22)15-7-9-16(23)10-8-15/h4-11H,3,13H2,1-2H3,(H,25,26,29). The van der Waals surface area contributed by atoms with Crippen LogP contribution in [-0.4, -0.2) is 28.2 Å². The van der Waals surface area contributed by atoms with Gasteiger partial charge >= 0.3 is 0 Å². The number of carbonyl (C=O) groups excluding carboxylic acids is 1. The molecule has 0 atom stereocenters. The second kappa shape index (κ2) is 9.61. The third kappa shape index (κ3) is 4.90. The number of aromatic nitrogens is 2. The molecule has 0 aliphatic rings. The van der Waals surface area contributed by atoms with Gasteiger partial charge in [-0.25, -0.2) is 4.98 Å². The molecule has 3 aromatic rings. The zero-order valence-corrected chi connectivity index (χ0v) is 18.0. The maximum atomic E-state index is 12.8. The lowest BCUT2D eigenvalue weighted by molar-refractivity contribution is -0.116. The summed E-state index contributed by atoms with van der Waals surface area (Å²) >= 11 is 7.05. The van der Waals surface area contributed by atoms with Crippen LogP contribution in [0.25, 0.3) is 11.3 Å². The molecule has 1 N–H and O–H groups in total. The van der Waals surface area contributed by atoms with Crippen LogP contribution < -0.4 is 10.5 Å². The summed E-state index contributed by atoms with van der Waals surface area (Å²) in [4.78, 5) is 33.8. The Bertz CT molecular complexity index is 1170. The average molecular weight is 439 g/mol. The summed E-state index contributed by atoms with van der Waals surface area (Å²) < 4.78 is 0. The number of nitrogens with zero attached hydrogens (tertiary/aromatic N) is 3. The summed E-state index contributed by atoms with van der Waals surface area (Å²) in [7, 11) is 0. The van der Waals surface area contributed by atoms with Crippen molar-refractivity contribution in [3.05, 3.63) is 75.0 Å². The van der Waals surface area contributed by atoms with E-state index in [9.17, 15) is 14.9 Å². The van der Waals surface area contributed by atoms with Crippen molar-refractivity contribution in [2.75, 3.05) is 17.2 Å². The van der Waals surface area contributed by atoms with Crippen LogP contribution in [0, 0.1) is 18.3 Å². The summed E-state index contributed by atoms with van der Waals surface area (Å²) in [5.74, 6) is -0.00963. The molecule has 152 valence electrons. The number of H-pyrrole nitrogens is 1. The highest BCUT2D eigenvalue weighted by Crippen LogP contribution is 2.24. The second-order valence-electron chi connectivity index (χ2n) is 6.48. The number of thioether (sulfide) groups is 1. The van der Waals surface area contributed by atoms with E-state index < -0.39 is 5.56 Å². The molecular formula is C22H19ClN4O2S. The van der Waals surface area contributed by atoms with Crippen molar-refractivity contribution in [3.63, 3.8) is 0 Å². The van der Waals surface area contributed by atoms with Gasteiger partial charge in [0.25, 0.3) is 5.56 Å². The van der Waals surface area contributed by atoms with E-state index in [1.807, 2.05) is 44.2 Å². The Morgan fingerprint density at radius 1 is 1.27 bits per heavy atom. The zero-order chi connectivity index (χ0) is 21.7. The summed E-state index contributed by atoms with van der Waals surface area (Å²) in [5, 5.41) is 10.2. The van der Waals surface area contributed by atoms with Crippen molar-refractivity contribution < 1.29 is 4.79 Å². The van der Waals surface area contributed by atoms with E-state index in [1.54, 1.807) is 29.2 Å². The molecule has 30 heavy (non-hydrogen) atoms. The number of rotatable bonds is 6. The molecule has 1 amide bonds. The molecule has 0 unspecified atom stereocenters. The number of hydrogen-bond acceptors (Lipinski definition) is 5. The molecule has 0 saturated heterocycles. The number of nitriles is 1. The number of hydrogen-bond donors (Lipinski definition) is 1. The van der Waals surface area contributed by atoms with Crippen LogP contribution in [0.15, 0.2) is 58.5 Å². The van der Waals surface area contributed by atoms with Crippen LogP contribution in [0.5, 0.6) is 0 Å². The van der Waals surface area contributed by atoms with E-state index in [1.165, 1.54) is 0 Å². The maximum Gasteiger partial charge on any atom is 0.270 e. The quantitative estimate of drug-likeness (QED) is 0.454. The highest BCUT2D eigenvalue weighted by Gasteiger charge is 2.17. The van der Waals surface area contributed by atoms with Gasteiger partial charge in [-0.1, -0.05) is 47.6 Å². The van der Waals surface area contributed by atoms with Gasteiger partial charge in [0.2, 0.25) is 5.91 Å². The molecule has 0 aliphatic carbocycles. The number of aromatic amines is 1. The van der Waals surface area contributed by atoms with Crippen LogP contribution in [0.4, 0.5) is 5.69 Å². The third-order valence-electron chi connectivity index (χ3n) is 4.39. The van der Waals surface area contributed by atoms with Crippen molar-refractivity contribution >= 4 is 35.0 Å². The van der Waals surface area contributed by atoms with Crippen LogP contribution in [0.2, 0.25) is 5.02 Å². The molecular weight excluding hydrogens is 420 g/mol. The molecule has 0 bridgehead atoms. The van der Waals surface area contributed by atoms with Gasteiger partial charge in [0.15, 0.2) is 5.16 Å². The maximum absolute atomic E-state index is 12.8. The largest absolute Gasteiger partial charge is 0.312 e. The normalized spacial score (nSPS) is 10.5. The lowest BCUT2D eigenvalue weighted by Gasteiger charge is -2.21. The Hall–Kier alpha value is -3.08. The highest BCUT2D eigenvalue weighted by molar-refractivity contribution is 7.99. The van der Waals surface area contributed by atoms with Gasteiger partial charge in [0.1, 0.15) is 11.6 Å². The lowest BCUT2D eigenvalue weighted by atomic mass is 10.1. The van der Waals surface area contributed by atoms with E-state index >= 15 is 0 Å². The fourth-order valence-electron chi connectivity index (χ4n) is 2.95. The van der Waals surface area contributed by atoms with Crippen LogP contribution in [0.3, 0.4) is 0 Å². The van der Waals surface area contributed by atoms with Crippen molar-refractivity contribution in [3.8, 4) is 17.3 Å². The molecule has 0 radical (unpaired) electrons. The molecule has 0 fully saturated rings.